The van der Waals surface area contributed by atoms with Crippen molar-refractivity contribution in [1.82, 2.24) is 25.3 Å². The minimum Gasteiger partial charge on any atom is -0.140 e. The zero-order valence-corrected chi connectivity index (χ0v) is 12.4. The fourth-order valence-corrected chi connectivity index (χ4v) is 2.60. The molecule has 0 saturated carbocycles. The molecule has 1 aromatic carbocycles. The van der Waals surface area contributed by atoms with Gasteiger partial charge < -0.3 is 0 Å². The third kappa shape index (κ3) is 2.65. The Labute approximate surface area is 121 Å². The predicted octanol–water partition coefficient (Wildman–Crippen LogP) is 2.97. The number of hydrogen-bond donors (Lipinski definition) is 0. The zero-order valence-electron chi connectivity index (χ0n) is 11.6. The lowest BCUT2D eigenvalue weighted by Crippen LogP contribution is -2.10. The van der Waals surface area contributed by atoms with Crippen molar-refractivity contribution in [3.63, 3.8) is 0 Å². The van der Waals surface area contributed by atoms with Gasteiger partial charge in [0.05, 0.1) is 0 Å². The number of nitrogens with zero attached hydrogens (tertiary/aromatic N) is 5. The summed E-state index contributed by atoms with van der Waals surface area (Å²) in [6.45, 7) is 6.63. The van der Waals surface area contributed by atoms with E-state index in [9.17, 15) is 0 Å². The van der Waals surface area contributed by atoms with Gasteiger partial charge in [0.15, 0.2) is 5.65 Å². The standard InChI is InChI=1S/C14H15N5S/c1-14(2,3)10-4-6-11(7-5-10)20-13-9-8-12-15-17-18-19(12)16-13/h4-9H,1-3H3. The summed E-state index contributed by atoms with van der Waals surface area (Å²) >= 11 is 1.60. The summed E-state index contributed by atoms with van der Waals surface area (Å²) < 4.78 is 1.44. The highest BCUT2D eigenvalue weighted by molar-refractivity contribution is 7.99. The van der Waals surface area contributed by atoms with E-state index in [1.807, 2.05) is 12.1 Å². The van der Waals surface area contributed by atoms with Gasteiger partial charge in [-0.15, -0.1) is 14.8 Å². The second-order valence-electron chi connectivity index (χ2n) is 5.57. The highest BCUT2D eigenvalue weighted by atomic mass is 32.2. The average Bonchev–Trinajstić information content (AvgIpc) is 2.86. The Morgan fingerprint density at radius 1 is 1.00 bits per heavy atom. The Kier molecular flexibility index (Phi) is 3.17. The topological polar surface area (TPSA) is 56.0 Å². The molecule has 0 atom stereocenters. The zero-order chi connectivity index (χ0) is 14.2. The van der Waals surface area contributed by atoms with Gasteiger partial charge in [-0.05, 0) is 45.7 Å². The second-order valence-corrected chi connectivity index (χ2v) is 6.67. The molecule has 6 heteroatoms. The Bertz CT molecular complexity index is 727. The van der Waals surface area contributed by atoms with Gasteiger partial charge in [0, 0.05) is 4.90 Å². The summed E-state index contributed by atoms with van der Waals surface area (Å²) in [5, 5.41) is 16.4. The molecular formula is C14H15N5S. The molecule has 0 fully saturated rings. The van der Waals surface area contributed by atoms with E-state index in [-0.39, 0.29) is 5.41 Å². The number of benzene rings is 1. The summed E-state index contributed by atoms with van der Waals surface area (Å²) in [5.74, 6) is 0. The van der Waals surface area contributed by atoms with Crippen molar-refractivity contribution in [3.05, 3.63) is 42.0 Å². The molecule has 2 heterocycles. The molecule has 3 aromatic rings. The van der Waals surface area contributed by atoms with Crippen LogP contribution in [0.15, 0.2) is 46.3 Å². The number of aromatic nitrogens is 5. The predicted molar refractivity (Wildman–Crippen MR) is 77.8 cm³/mol. The van der Waals surface area contributed by atoms with E-state index in [0.29, 0.717) is 5.65 Å². The molecule has 0 bridgehead atoms. The van der Waals surface area contributed by atoms with Crippen molar-refractivity contribution >= 4 is 17.4 Å². The van der Waals surface area contributed by atoms with Crippen molar-refractivity contribution in [2.24, 2.45) is 0 Å². The fraction of sp³-hybridized carbons (Fsp3) is 0.286. The van der Waals surface area contributed by atoms with Crippen molar-refractivity contribution in [2.75, 3.05) is 0 Å². The van der Waals surface area contributed by atoms with Gasteiger partial charge in [0.2, 0.25) is 0 Å². The van der Waals surface area contributed by atoms with Gasteiger partial charge in [-0.2, -0.15) is 0 Å². The third-order valence-corrected chi connectivity index (χ3v) is 3.92. The molecule has 0 spiro atoms. The first-order valence-electron chi connectivity index (χ1n) is 6.36. The summed E-state index contributed by atoms with van der Waals surface area (Å²) in [6, 6.07) is 12.4. The molecule has 0 radical (unpaired) electrons. The van der Waals surface area contributed by atoms with Gasteiger partial charge in [-0.25, -0.2) is 0 Å². The van der Waals surface area contributed by atoms with Crippen LogP contribution in [0.4, 0.5) is 0 Å². The molecule has 0 aliphatic rings. The van der Waals surface area contributed by atoms with Crippen molar-refractivity contribution < 1.29 is 0 Å². The Balaban J connectivity index is 1.83. The van der Waals surface area contributed by atoms with Crippen LogP contribution in [-0.4, -0.2) is 25.3 Å². The molecule has 5 nitrogen and oxygen atoms in total. The molecular weight excluding hydrogens is 270 g/mol. The van der Waals surface area contributed by atoms with Crippen LogP contribution < -0.4 is 0 Å². The van der Waals surface area contributed by atoms with Crippen LogP contribution in [0.25, 0.3) is 5.65 Å². The molecule has 20 heavy (non-hydrogen) atoms. The van der Waals surface area contributed by atoms with E-state index in [1.165, 1.54) is 10.2 Å². The van der Waals surface area contributed by atoms with E-state index < -0.39 is 0 Å². The van der Waals surface area contributed by atoms with Crippen LogP contribution in [0.5, 0.6) is 0 Å². The van der Waals surface area contributed by atoms with Crippen LogP contribution >= 0.6 is 11.8 Å². The van der Waals surface area contributed by atoms with E-state index in [0.717, 1.165) is 9.92 Å². The van der Waals surface area contributed by atoms with Gasteiger partial charge >= 0.3 is 0 Å². The smallest absolute Gasteiger partial charge is 0.140 e. The first kappa shape index (κ1) is 13.1. The maximum Gasteiger partial charge on any atom is 0.200 e. The molecule has 0 amide bonds. The normalized spacial score (nSPS) is 11.9. The van der Waals surface area contributed by atoms with Gasteiger partial charge in [0.25, 0.3) is 0 Å². The lowest BCUT2D eigenvalue weighted by atomic mass is 9.87. The molecule has 0 unspecified atom stereocenters. The highest BCUT2D eigenvalue weighted by Gasteiger charge is 2.13. The van der Waals surface area contributed by atoms with Crippen molar-refractivity contribution in [2.45, 2.75) is 36.1 Å². The highest BCUT2D eigenvalue weighted by Crippen LogP contribution is 2.29. The van der Waals surface area contributed by atoms with Crippen LogP contribution in [0.3, 0.4) is 0 Å². The summed E-state index contributed by atoms with van der Waals surface area (Å²) in [4.78, 5) is 1.15. The average molecular weight is 285 g/mol. The molecule has 3 rings (SSSR count). The first-order valence-corrected chi connectivity index (χ1v) is 7.18. The van der Waals surface area contributed by atoms with Crippen LogP contribution in [0.2, 0.25) is 0 Å². The summed E-state index contributed by atoms with van der Waals surface area (Å²) in [5.41, 5.74) is 2.15. The Hall–Kier alpha value is -1.95. The lowest BCUT2D eigenvalue weighted by molar-refractivity contribution is 0.590. The van der Waals surface area contributed by atoms with Gasteiger partial charge in [0.1, 0.15) is 5.03 Å². The molecule has 0 aliphatic carbocycles. The minimum atomic E-state index is 0.173. The number of tetrazole rings is 1. The quantitative estimate of drug-likeness (QED) is 0.724. The van der Waals surface area contributed by atoms with E-state index >= 15 is 0 Å². The van der Waals surface area contributed by atoms with E-state index in [2.05, 4.69) is 65.7 Å². The minimum absolute atomic E-state index is 0.173. The number of rotatable bonds is 2. The Morgan fingerprint density at radius 2 is 1.75 bits per heavy atom. The Morgan fingerprint density at radius 3 is 2.45 bits per heavy atom. The van der Waals surface area contributed by atoms with E-state index in [4.69, 9.17) is 0 Å². The SMILES string of the molecule is CC(C)(C)c1ccc(Sc2ccc3nnnn3n2)cc1. The number of fused-ring (bicyclic) bond motifs is 1. The van der Waals surface area contributed by atoms with Crippen LogP contribution in [-0.2, 0) is 5.41 Å². The van der Waals surface area contributed by atoms with Crippen LogP contribution in [0.1, 0.15) is 26.3 Å². The largest absolute Gasteiger partial charge is 0.200 e. The van der Waals surface area contributed by atoms with Crippen molar-refractivity contribution in [1.29, 1.82) is 0 Å². The van der Waals surface area contributed by atoms with Gasteiger partial charge in [-0.3, -0.25) is 0 Å². The van der Waals surface area contributed by atoms with Crippen LogP contribution in [0, 0.1) is 0 Å². The second kappa shape index (κ2) is 4.86. The van der Waals surface area contributed by atoms with Gasteiger partial charge in [-0.1, -0.05) is 44.7 Å². The molecule has 0 N–H and O–H groups in total. The number of hydrogen-bond acceptors (Lipinski definition) is 5. The maximum atomic E-state index is 4.35. The third-order valence-electron chi connectivity index (χ3n) is 2.99. The van der Waals surface area contributed by atoms with Crippen molar-refractivity contribution in [3.8, 4) is 0 Å². The molecule has 0 aliphatic heterocycles. The molecule has 0 saturated heterocycles. The first-order chi connectivity index (χ1) is 9.52. The summed E-state index contributed by atoms with van der Waals surface area (Å²) in [6.07, 6.45) is 0. The molecule has 102 valence electrons. The summed E-state index contributed by atoms with van der Waals surface area (Å²) in [7, 11) is 0. The maximum absolute atomic E-state index is 4.35. The lowest BCUT2D eigenvalue weighted by Gasteiger charge is -2.18. The van der Waals surface area contributed by atoms with E-state index in [1.54, 1.807) is 11.8 Å². The fourth-order valence-electron chi connectivity index (χ4n) is 1.83. The molecule has 2 aromatic heterocycles. The monoisotopic (exact) mass is 285 g/mol.